The van der Waals surface area contributed by atoms with Crippen molar-refractivity contribution in [3.63, 3.8) is 0 Å². The van der Waals surface area contributed by atoms with Crippen LogP contribution in [0.3, 0.4) is 0 Å². The topological polar surface area (TPSA) is 0 Å². The Kier molecular flexibility index (Phi) is 7.51. The summed E-state index contributed by atoms with van der Waals surface area (Å²) < 4.78 is 0. The Bertz CT molecular complexity index is 1870. The van der Waals surface area contributed by atoms with Crippen LogP contribution >= 0.6 is 0 Å². The van der Waals surface area contributed by atoms with E-state index in [9.17, 15) is 0 Å². The molecule has 0 saturated carbocycles. The van der Waals surface area contributed by atoms with E-state index in [1.165, 1.54) is 66.8 Å². The molecular formula is C47H50. The highest BCUT2D eigenvalue weighted by Crippen LogP contribution is 2.65. The molecule has 5 aromatic rings. The van der Waals surface area contributed by atoms with Gasteiger partial charge in [0.05, 0.1) is 0 Å². The van der Waals surface area contributed by atoms with Gasteiger partial charge in [-0.25, -0.2) is 0 Å². The zero-order valence-electron chi connectivity index (χ0n) is 29.8. The maximum absolute atomic E-state index is 2.57. The molecule has 0 heterocycles. The molecule has 0 heteroatoms. The molecular weight excluding hydrogens is 565 g/mol. The fraction of sp³-hybridized carbons (Fsp3) is 0.319. The number of hydrogen-bond donors (Lipinski definition) is 0. The lowest BCUT2D eigenvalue weighted by molar-refractivity contribution is 0.404. The molecule has 0 N–H and O–H groups in total. The van der Waals surface area contributed by atoms with Gasteiger partial charge in [0.15, 0.2) is 0 Å². The molecule has 0 amide bonds. The Morgan fingerprint density at radius 1 is 0.489 bits per heavy atom. The van der Waals surface area contributed by atoms with E-state index >= 15 is 0 Å². The third-order valence-electron chi connectivity index (χ3n) is 11.1. The van der Waals surface area contributed by atoms with E-state index in [1.54, 1.807) is 0 Å². The van der Waals surface area contributed by atoms with E-state index in [0.717, 1.165) is 0 Å². The Morgan fingerprint density at radius 3 is 1.43 bits per heavy atom. The summed E-state index contributed by atoms with van der Waals surface area (Å²) in [6.45, 7) is 21.1. The summed E-state index contributed by atoms with van der Waals surface area (Å²) in [6, 6.07) is 44.8. The second-order valence-corrected chi connectivity index (χ2v) is 16.5. The average Bonchev–Trinajstić information content (AvgIpc) is 3.56. The van der Waals surface area contributed by atoms with E-state index in [-0.39, 0.29) is 22.7 Å². The molecule has 2 aliphatic carbocycles. The minimum atomic E-state index is -0.406. The Labute approximate surface area is 283 Å². The first-order chi connectivity index (χ1) is 22.3. The van der Waals surface area contributed by atoms with Crippen molar-refractivity contribution in [2.45, 2.75) is 96.3 Å². The van der Waals surface area contributed by atoms with E-state index < -0.39 is 5.41 Å². The first kappa shape index (κ1) is 31.4. The number of hydrogen-bond acceptors (Lipinski definition) is 0. The third-order valence-corrected chi connectivity index (χ3v) is 11.1. The van der Waals surface area contributed by atoms with Crippen molar-refractivity contribution in [1.29, 1.82) is 0 Å². The van der Waals surface area contributed by atoms with Crippen LogP contribution < -0.4 is 0 Å². The summed E-state index contributed by atoms with van der Waals surface area (Å²) in [5, 5.41) is 0. The van der Waals surface area contributed by atoms with Crippen LogP contribution in [0, 0.1) is 0 Å². The molecule has 0 bridgehead atoms. The normalized spacial score (nSPS) is 16.2. The summed E-state index contributed by atoms with van der Waals surface area (Å²) in [5.74, 6) is 0.706. The second kappa shape index (κ2) is 11.2. The van der Waals surface area contributed by atoms with Gasteiger partial charge in [0.2, 0.25) is 0 Å². The average molecular weight is 615 g/mol. The minimum Gasteiger partial charge on any atom is -0.0639 e. The monoisotopic (exact) mass is 614 g/mol. The van der Waals surface area contributed by atoms with Crippen molar-refractivity contribution < 1.29 is 0 Å². The molecule has 2 aliphatic rings. The molecule has 1 atom stereocenters. The maximum atomic E-state index is 2.57. The highest BCUT2D eigenvalue weighted by Gasteiger charge is 2.55. The zero-order valence-corrected chi connectivity index (χ0v) is 29.8. The van der Waals surface area contributed by atoms with Crippen LogP contribution in [0.25, 0.3) is 17.2 Å². The summed E-state index contributed by atoms with van der Waals surface area (Å²) >= 11 is 0. The lowest BCUT2D eigenvalue weighted by atomic mass is 9.54. The molecule has 0 spiro atoms. The van der Waals surface area contributed by atoms with Gasteiger partial charge in [-0.3, -0.25) is 0 Å². The van der Waals surface area contributed by atoms with Crippen molar-refractivity contribution in [2.24, 2.45) is 0 Å². The summed E-state index contributed by atoms with van der Waals surface area (Å²) in [6.07, 6.45) is 2.52. The molecule has 47 heavy (non-hydrogen) atoms. The quantitative estimate of drug-likeness (QED) is 0.185. The Morgan fingerprint density at radius 2 is 0.979 bits per heavy atom. The largest absolute Gasteiger partial charge is 0.0639 e. The standard InChI is InChI=1S/C47H50/c1-30(2)36-21-16-22-39-40(36)27-31(3)43(39)47(32-17-12-10-13-18-32,33-19-14-11-15-20-33)44-41-28-34(45(4,5)6)23-25-37(41)38-26-24-35(29-42(38)44)46(7,8)9/h10-30,43-44H,1-9H3. The van der Waals surface area contributed by atoms with E-state index in [4.69, 9.17) is 0 Å². The van der Waals surface area contributed by atoms with Crippen LogP contribution in [0.4, 0.5) is 0 Å². The summed E-state index contributed by atoms with van der Waals surface area (Å²) in [7, 11) is 0. The second-order valence-electron chi connectivity index (χ2n) is 16.5. The summed E-state index contributed by atoms with van der Waals surface area (Å²) in [5.41, 5.74) is 16.6. The zero-order chi connectivity index (χ0) is 33.3. The van der Waals surface area contributed by atoms with Crippen molar-refractivity contribution in [1.82, 2.24) is 0 Å². The van der Waals surface area contributed by atoms with Gasteiger partial charge in [0.25, 0.3) is 0 Å². The van der Waals surface area contributed by atoms with Gasteiger partial charge in [-0.2, -0.15) is 0 Å². The van der Waals surface area contributed by atoms with Gasteiger partial charge in [-0.05, 0) is 84.9 Å². The van der Waals surface area contributed by atoms with Gasteiger partial charge >= 0.3 is 0 Å². The van der Waals surface area contributed by atoms with Crippen LogP contribution in [-0.2, 0) is 16.2 Å². The van der Waals surface area contributed by atoms with Crippen LogP contribution in [0.5, 0.6) is 0 Å². The SMILES string of the molecule is CC1=Cc2c(C(C)C)cccc2C1C(c1ccccc1)(c1ccccc1)C1c2cc(C(C)(C)C)ccc2-c2ccc(C(C)(C)C)cc21. The fourth-order valence-electron chi connectivity index (χ4n) is 8.80. The predicted octanol–water partition coefficient (Wildman–Crippen LogP) is 12.7. The van der Waals surface area contributed by atoms with E-state index in [1.807, 2.05) is 0 Å². The minimum absolute atomic E-state index is 0.0367. The van der Waals surface area contributed by atoms with Crippen LogP contribution in [0.2, 0.25) is 0 Å². The molecule has 1 unspecified atom stereocenters. The first-order valence-electron chi connectivity index (χ1n) is 17.5. The lowest BCUT2D eigenvalue weighted by Crippen LogP contribution is -2.41. The first-order valence-corrected chi connectivity index (χ1v) is 17.5. The lowest BCUT2D eigenvalue weighted by Gasteiger charge is -2.47. The van der Waals surface area contributed by atoms with Gasteiger partial charge in [0, 0.05) is 17.3 Å². The molecule has 5 aromatic carbocycles. The van der Waals surface area contributed by atoms with Crippen LogP contribution in [0.1, 0.15) is 130 Å². The van der Waals surface area contributed by atoms with E-state index in [0.29, 0.717) is 5.92 Å². The number of benzene rings is 5. The van der Waals surface area contributed by atoms with E-state index in [2.05, 4.69) is 184 Å². The fourth-order valence-corrected chi connectivity index (χ4v) is 8.80. The molecule has 0 saturated heterocycles. The van der Waals surface area contributed by atoms with Gasteiger partial charge in [-0.1, -0.05) is 182 Å². The molecule has 0 aromatic heterocycles. The highest BCUT2D eigenvalue weighted by atomic mass is 14.6. The van der Waals surface area contributed by atoms with Gasteiger partial charge in [0.1, 0.15) is 0 Å². The third kappa shape index (κ3) is 4.95. The summed E-state index contributed by atoms with van der Waals surface area (Å²) in [4.78, 5) is 0. The number of allylic oxidation sites excluding steroid dienone is 1. The Balaban J connectivity index is 1.67. The van der Waals surface area contributed by atoms with Gasteiger partial charge in [-0.15, -0.1) is 0 Å². The molecule has 0 fully saturated rings. The number of rotatable bonds is 5. The molecule has 7 rings (SSSR count). The van der Waals surface area contributed by atoms with Crippen molar-refractivity contribution >= 4 is 6.08 Å². The van der Waals surface area contributed by atoms with Crippen LogP contribution in [-0.4, -0.2) is 0 Å². The smallest absolute Gasteiger partial charge is 0.0418 e. The molecule has 0 nitrogen and oxygen atoms in total. The van der Waals surface area contributed by atoms with Crippen molar-refractivity contribution in [3.05, 3.63) is 171 Å². The van der Waals surface area contributed by atoms with Crippen LogP contribution in [0.15, 0.2) is 121 Å². The highest BCUT2D eigenvalue weighted by molar-refractivity contribution is 5.83. The van der Waals surface area contributed by atoms with Gasteiger partial charge < -0.3 is 0 Å². The Hall–Kier alpha value is -4.16. The number of fused-ring (bicyclic) bond motifs is 4. The predicted molar refractivity (Wildman–Crippen MR) is 202 cm³/mol. The van der Waals surface area contributed by atoms with Crippen molar-refractivity contribution in [2.75, 3.05) is 0 Å². The maximum Gasteiger partial charge on any atom is 0.0418 e. The molecule has 238 valence electrons. The van der Waals surface area contributed by atoms with Crippen molar-refractivity contribution in [3.8, 4) is 11.1 Å². The molecule has 0 aliphatic heterocycles. The molecule has 0 radical (unpaired) electrons.